The molecule has 92 valence electrons. The zero-order valence-electron chi connectivity index (χ0n) is 9.96. The van der Waals surface area contributed by atoms with Gasteiger partial charge in [-0.3, -0.25) is 14.9 Å². The second kappa shape index (κ2) is 6.78. The summed E-state index contributed by atoms with van der Waals surface area (Å²) in [4.78, 5) is 21.8. The van der Waals surface area contributed by atoms with E-state index >= 15 is 0 Å². The van der Waals surface area contributed by atoms with Crippen molar-refractivity contribution in [3.05, 3.63) is 46.0 Å². The van der Waals surface area contributed by atoms with Crippen LogP contribution in [0.2, 0.25) is 0 Å². The lowest BCUT2D eigenvalue weighted by molar-refractivity contribution is -0.480. The van der Waals surface area contributed by atoms with Gasteiger partial charge in [0.15, 0.2) is 5.78 Å². The number of rotatable bonds is 7. The van der Waals surface area contributed by atoms with Gasteiger partial charge in [-0.25, -0.2) is 0 Å². The molecule has 0 saturated heterocycles. The monoisotopic (exact) mass is 235 g/mol. The van der Waals surface area contributed by atoms with Crippen molar-refractivity contribution in [1.82, 2.24) is 0 Å². The Hall–Kier alpha value is -1.71. The SMILES string of the molecule is CC(CCCC[N+](=O)[O-])C(=O)c1ccccc1. The van der Waals surface area contributed by atoms with E-state index in [0.717, 1.165) is 6.42 Å². The Balaban J connectivity index is 2.35. The van der Waals surface area contributed by atoms with E-state index in [2.05, 4.69) is 0 Å². The molecule has 1 rings (SSSR count). The lowest BCUT2D eigenvalue weighted by atomic mass is 9.94. The molecular formula is C13H17NO3. The van der Waals surface area contributed by atoms with E-state index in [1.807, 2.05) is 25.1 Å². The maximum atomic E-state index is 11.9. The van der Waals surface area contributed by atoms with E-state index in [1.165, 1.54) is 0 Å². The number of nitrogens with zero attached hydrogens (tertiary/aromatic N) is 1. The normalized spacial score (nSPS) is 12.1. The van der Waals surface area contributed by atoms with Crippen LogP contribution >= 0.6 is 0 Å². The Kier molecular flexibility index (Phi) is 5.33. The molecule has 4 nitrogen and oxygen atoms in total. The summed E-state index contributed by atoms with van der Waals surface area (Å²) in [6.07, 6.45) is 1.97. The highest BCUT2D eigenvalue weighted by atomic mass is 16.6. The third-order valence-corrected chi connectivity index (χ3v) is 2.73. The van der Waals surface area contributed by atoms with E-state index in [0.29, 0.717) is 18.4 Å². The van der Waals surface area contributed by atoms with Gasteiger partial charge in [0.2, 0.25) is 6.54 Å². The lowest BCUT2D eigenvalue weighted by Crippen LogP contribution is -2.11. The maximum absolute atomic E-state index is 11.9. The van der Waals surface area contributed by atoms with Crippen molar-refractivity contribution in [3.63, 3.8) is 0 Å². The smallest absolute Gasteiger partial charge is 0.203 e. The highest BCUT2D eigenvalue weighted by Crippen LogP contribution is 2.14. The molecule has 4 heteroatoms. The molecule has 0 bridgehead atoms. The van der Waals surface area contributed by atoms with Gasteiger partial charge in [-0.1, -0.05) is 37.3 Å². The summed E-state index contributed by atoms with van der Waals surface area (Å²) in [7, 11) is 0. The van der Waals surface area contributed by atoms with Gasteiger partial charge in [-0.2, -0.15) is 0 Å². The Morgan fingerprint density at radius 2 is 1.94 bits per heavy atom. The molecule has 0 aromatic heterocycles. The van der Waals surface area contributed by atoms with Gasteiger partial charge < -0.3 is 0 Å². The Bertz CT molecular complexity index is 376. The quantitative estimate of drug-likeness (QED) is 0.316. The molecule has 0 heterocycles. The van der Waals surface area contributed by atoms with Crippen molar-refractivity contribution < 1.29 is 9.72 Å². The number of nitro groups is 1. The van der Waals surface area contributed by atoms with Crippen LogP contribution in [0.15, 0.2) is 30.3 Å². The van der Waals surface area contributed by atoms with Crippen molar-refractivity contribution in [2.24, 2.45) is 5.92 Å². The molecule has 0 aliphatic rings. The predicted octanol–water partition coefficient (Wildman–Crippen LogP) is 2.95. The van der Waals surface area contributed by atoms with Gasteiger partial charge in [0.25, 0.3) is 0 Å². The van der Waals surface area contributed by atoms with Crippen molar-refractivity contribution in [2.45, 2.75) is 26.2 Å². The number of benzene rings is 1. The van der Waals surface area contributed by atoms with Gasteiger partial charge in [0.1, 0.15) is 0 Å². The standard InChI is InChI=1S/C13H17NO3/c1-11(7-5-6-10-14(16)17)13(15)12-8-3-2-4-9-12/h2-4,8-9,11H,5-7,10H2,1H3. The first kappa shape index (κ1) is 13.4. The Labute approximate surface area is 101 Å². The minimum atomic E-state index is -0.316. The van der Waals surface area contributed by atoms with Crippen LogP contribution in [0.4, 0.5) is 0 Å². The number of Topliss-reactive ketones (excluding diaryl/α,β-unsaturated/α-hetero) is 1. The third kappa shape index (κ3) is 4.76. The van der Waals surface area contributed by atoms with Crippen LogP contribution in [0.3, 0.4) is 0 Å². The second-order valence-corrected chi connectivity index (χ2v) is 4.18. The van der Waals surface area contributed by atoms with Gasteiger partial charge in [-0.15, -0.1) is 0 Å². The molecule has 0 fully saturated rings. The van der Waals surface area contributed by atoms with Crippen LogP contribution in [0, 0.1) is 16.0 Å². The highest BCUT2D eigenvalue weighted by molar-refractivity contribution is 5.97. The summed E-state index contributed by atoms with van der Waals surface area (Å²) in [6, 6.07) is 9.16. The minimum absolute atomic E-state index is 0.00769. The molecule has 1 aromatic carbocycles. The summed E-state index contributed by atoms with van der Waals surface area (Å²) < 4.78 is 0. The largest absolute Gasteiger partial charge is 0.294 e. The van der Waals surface area contributed by atoms with Crippen LogP contribution in [0.5, 0.6) is 0 Å². The van der Waals surface area contributed by atoms with Crippen LogP contribution in [0.1, 0.15) is 36.5 Å². The predicted molar refractivity (Wildman–Crippen MR) is 65.6 cm³/mol. The first-order chi connectivity index (χ1) is 8.11. The van der Waals surface area contributed by atoms with Gasteiger partial charge in [0.05, 0.1) is 0 Å². The molecule has 17 heavy (non-hydrogen) atoms. The topological polar surface area (TPSA) is 60.2 Å². The number of hydrogen-bond acceptors (Lipinski definition) is 3. The molecule has 0 radical (unpaired) electrons. The zero-order chi connectivity index (χ0) is 12.7. The zero-order valence-corrected chi connectivity index (χ0v) is 9.96. The number of carbonyl (C=O) groups excluding carboxylic acids is 1. The summed E-state index contributed by atoms with van der Waals surface area (Å²) in [5.41, 5.74) is 0.717. The summed E-state index contributed by atoms with van der Waals surface area (Å²) in [6.45, 7) is 1.87. The lowest BCUT2D eigenvalue weighted by Gasteiger charge is -2.09. The summed E-state index contributed by atoms with van der Waals surface area (Å²) >= 11 is 0. The first-order valence-corrected chi connectivity index (χ1v) is 5.82. The Morgan fingerprint density at radius 1 is 1.29 bits per heavy atom. The van der Waals surface area contributed by atoms with Crippen LogP contribution in [0.25, 0.3) is 0 Å². The molecule has 0 saturated carbocycles. The van der Waals surface area contributed by atoms with E-state index in [1.54, 1.807) is 12.1 Å². The minimum Gasteiger partial charge on any atom is -0.294 e. The molecule has 1 unspecified atom stereocenters. The summed E-state index contributed by atoms with van der Waals surface area (Å²) in [5, 5.41) is 10.1. The fourth-order valence-corrected chi connectivity index (χ4v) is 1.71. The molecule has 1 aromatic rings. The molecule has 0 amide bonds. The maximum Gasteiger partial charge on any atom is 0.203 e. The molecule has 0 aliphatic carbocycles. The Morgan fingerprint density at radius 3 is 2.53 bits per heavy atom. The van der Waals surface area contributed by atoms with Crippen molar-refractivity contribution in [3.8, 4) is 0 Å². The third-order valence-electron chi connectivity index (χ3n) is 2.73. The number of carbonyl (C=O) groups is 1. The van der Waals surface area contributed by atoms with E-state index in [9.17, 15) is 14.9 Å². The van der Waals surface area contributed by atoms with Crippen molar-refractivity contribution in [2.75, 3.05) is 6.54 Å². The average Bonchev–Trinajstić information content (AvgIpc) is 2.34. The fraction of sp³-hybridized carbons (Fsp3) is 0.462. The van der Waals surface area contributed by atoms with Gasteiger partial charge in [0, 0.05) is 22.8 Å². The van der Waals surface area contributed by atoms with E-state index in [-0.39, 0.29) is 23.2 Å². The summed E-state index contributed by atoms with van der Waals surface area (Å²) in [5.74, 6) is 0.0517. The van der Waals surface area contributed by atoms with E-state index in [4.69, 9.17) is 0 Å². The second-order valence-electron chi connectivity index (χ2n) is 4.18. The van der Waals surface area contributed by atoms with Gasteiger partial charge >= 0.3 is 0 Å². The molecule has 1 atom stereocenters. The van der Waals surface area contributed by atoms with Crippen molar-refractivity contribution >= 4 is 5.78 Å². The number of unbranched alkanes of at least 4 members (excludes halogenated alkanes) is 1. The first-order valence-electron chi connectivity index (χ1n) is 5.82. The number of ketones is 1. The van der Waals surface area contributed by atoms with Crippen LogP contribution in [-0.2, 0) is 0 Å². The van der Waals surface area contributed by atoms with Gasteiger partial charge in [-0.05, 0) is 12.8 Å². The average molecular weight is 235 g/mol. The van der Waals surface area contributed by atoms with E-state index < -0.39 is 0 Å². The molecular weight excluding hydrogens is 218 g/mol. The van der Waals surface area contributed by atoms with Crippen LogP contribution < -0.4 is 0 Å². The number of hydrogen-bond donors (Lipinski definition) is 0. The fourth-order valence-electron chi connectivity index (χ4n) is 1.71. The molecule has 0 aliphatic heterocycles. The highest BCUT2D eigenvalue weighted by Gasteiger charge is 2.14. The van der Waals surface area contributed by atoms with Crippen molar-refractivity contribution in [1.29, 1.82) is 0 Å². The van der Waals surface area contributed by atoms with Crippen LogP contribution in [-0.4, -0.2) is 17.3 Å². The molecule has 0 spiro atoms. The molecule has 0 N–H and O–H groups in total.